The smallest absolute Gasteiger partial charge is 0.338 e. The van der Waals surface area contributed by atoms with E-state index in [2.05, 4.69) is 5.32 Å². The average Bonchev–Trinajstić information content (AvgIpc) is 2.73. The van der Waals surface area contributed by atoms with E-state index in [1.165, 1.54) is 11.0 Å². The highest BCUT2D eigenvalue weighted by Crippen LogP contribution is 2.23. The van der Waals surface area contributed by atoms with E-state index < -0.39 is 12.0 Å². The Morgan fingerprint density at radius 3 is 2.94 bits per heavy atom. The minimum atomic E-state index is -1.08. The van der Waals surface area contributed by atoms with Gasteiger partial charge in [-0.15, -0.1) is 11.3 Å². The number of carbonyl (C=O) groups is 2. The number of hydrogen-bond donors (Lipinski definition) is 2. The molecule has 0 aromatic carbocycles. The summed E-state index contributed by atoms with van der Waals surface area (Å²) < 4.78 is 0. The Kier molecular flexibility index (Phi) is 4.48. The second kappa shape index (κ2) is 5.86. The quantitative estimate of drug-likeness (QED) is 0.855. The number of anilines is 1. The molecule has 0 aliphatic heterocycles. The largest absolute Gasteiger partial charge is 0.478 e. The van der Waals surface area contributed by atoms with E-state index in [9.17, 15) is 9.59 Å². The third kappa shape index (κ3) is 3.46. The number of nitrogens with zero attached hydrogens (tertiary/aromatic N) is 2. The van der Waals surface area contributed by atoms with Crippen molar-refractivity contribution < 1.29 is 14.7 Å². The molecule has 6 nitrogen and oxygen atoms in total. The highest BCUT2D eigenvalue weighted by atomic mass is 32.1. The first-order valence-corrected chi connectivity index (χ1v) is 5.64. The molecule has 0 unspecified atom stereocenters. The molecule has 1 aromatic heterocycles. The van der Waals surface area contributed by atoms with Gasteiger partial charge in [0.25, 0.3) is 0 Å². The number of aromatic carboxylic acids is 1. The maximum absolute atomic E-state index is 11.6. The van der Waals surface area contributed by atoms with E-state index in [0.717, 1.165) is 11.3 Å². The van der Waals surface area contributed by atoms with Crippen LogP contribution in [0.4, 0.5) is 9.80 Å². The summed E-state index contributed by atoms with van der Waals surface area (Å²) in [5.41, 5.74) is 0.0667. The molecule has 17 heavy (non-hydrogen) atoms. The van der Waals surface area contributed by atoms with Crippen molar-refractivity contribution in [3.63, 3.8) is 0 Å². The third-order valence-corrected chi connectivity index (χ3v) is 2.85. The zero-order chi connectivity index (χ0) is 12.8. The molecule has 0 saturated heterocycles. The van der Waals surface area contributed by atoms with Crippen LogP contribution in [-0.2, 0) is 0 Å². The van der Waals surface area contributed by atoms with Crippen LogP contribution in [0.25, 0.3) is 0 Å². The topological polar surface area (TPSA) is 93.4 Å². The van der Waals surface area contributed by atoms with Crippen LogP contribution in [0.1, 0.15) is 16.8 Å². The number of rotatable bonds is 4. The van der Waals surface area contributed by atoms with Crippen molar-refractivity contribution in [3.8, 4) is 6.07 Å². The van der Waals surface area contributed by atoms with E-state index in [-0.39, 0.29) is 12.0 Å². The van der Waals surface area contributed by atoms with Crippen molar-refractivity contribution in [2.24, 2.45) is 0 Å². The Hall–Kier alpha value is -2.07. The number of nitriles is 1. The van der Waals surface area contributed by atoms with E-state index in [1.54, 1.807) is 12.4 Å². The molecule has 0 bridgehead atoms. The zero-order valence-electron chi connectivity index (χ0n) is 9.14. The average molecular weight is 253 g/mol. The number of carboxylic acid groups (broad SMARTS) is 1. The number of nitrogens with one attached hydrogen (secondary N) is 1. The molecule has 7 heteroatoms. The van der Waals surface area contributed by atoms with Gasteiger partial charge in [-0.25, -0.2) is 9.59 Å². The zero-order valence-corrected chi connectivity index (χ0v) is 9.95. The van der Waals surface area contributed by atoms with Gasteiger partial charge in [-0.3, -0.25) is 5.32 Å². The van der Waals surface area contributed by atoms with Gasteiger partial charge in [0.2, 0.25) is 0 Å². The second-order valence-corrected chi connectivity index (χ2v) is 4.14. The van der Waals surface area contributed by atoms with Crippen LogP contribution >= 0.6 is 11.3 Å². The SMILES string of the molecule is CN(CCC#N)C(=O)Nc1sccc1C(=O)O. The summed E-state index contributed by atoms with van der Waals surface area (Å²) in [5.74, 6) is -1.08. The summed E-state index contributed by atoms with van der Waals surface area (Å²) in [4.78, 5) is 23.7. The van der Waals surface area contributed by atoms with Gasteiger partial charge in [0.1, 0.15) is 5.00 Å². The number of carbonyl (C=O) groups excluding carboxylic acids is 1. The maximum Gasteiger partial charge on any atom is 0.338 e. The van der Waals surface area contributed by atoms with E-state index in [4.69, 9.17) is 10.4 Å². The fourth-order valence-corrected chi connectivity index (χ4v) is 1.86. The fourth-order valence-electron chi connectivity index (χ4n) is 1.09. The molecule has 1 aromatic rings. The van der Waals surface area contributed by atoms with Gasteiger partial charge in [0.15, 0.2) is 0 Å². The summed E-state index contributed by atoms with van der Waals surface area (Å²) >= 11 is 1.14. The summed E-state index contributed by atoms with van der Waals surface area (Å²) in [5, 5.41) is 21.6. The van der Waals surface area contributed by atoms with Gasteiger partial charge in [0, 0.05) is 13.6 Å². The van der Waals surface area contributed by atoms with E-state index in [0.29, 0.717) is 11.5 Å². The minimum Gasteiger partial charge on any atom is -0.478 e. The van der Waals surface area contributed by atoms with Crippen LogP contribution in [-0.4, -0.2) is 35.6 Å². The van der Waals surface area contributed by atoms with Gasteiger partial charge < -0.3 is 10.0 Å². The van der Waals surface area contributed by atoms with Crippen molar-refractivity contribution in [3.05, 3.63) is 17.0 Å². The molecule has 1 rings (SSSR count). The Balaban J connectivity index is 2.65. The Morgan fingerprint density at radius 2 is 2.35 bits per heavy atom. The van der Waals surface area contributed by atoms with Crippen LogP contribution in [0.5, 0.6) is 0 Å². The molecule has 1 heterocycles. The first kappa shape index (κ1) is 13.0. The van der Waals surface area contributed by atoms with Gasteiger partial charge in [-0.1, -0.05) is 0 Å². The predicted molar refractivity (Wildman–Crippen MR) is 63.2 cm³/mol. The molecule has 0 radical (unpaired) electrons. The molecule has 0 aliphatic carbocycles. The molecule has 0 spiro atoms. The highest BCUT2D eigenvalue weighted by molar-refractivity contribution is 7.14. The molecule has 0 fully saturated rings. The molecule has 0 atom stereocenters. The Bertz CT molecular complexity index is 464. The molecular formula is C10H11N3O3S. The van der Waals surface area contributed by atoms with Crippen molar-refractivity contribution >= 4 is 28.3 Å². The number of amides is 2. The summed E-state index contributed by atoms with van der Waals surface area (Å²) in [7, 11) is 1.54. The minimum absolute atomic E-state index is 0.0667. The van der Waals surface area contributed by atoms with Gasteiger partial charge in [-0.2, -0.15) is 5.26 Å². The lowest BCUT2D eigenvalue weighted by Gasteiger charge is -2.15. The van der Waals surface area contributed by atoms with Crippen molar-refractivity contribution in [2.75, 3.05) is 18.9 Å². The lowest BCUT2D eigenvalue weighted by atomic mass is 10.3. The monoisotopic (exact) mass is 253 g/mol. The van der Waals surface area contributed by atoms with Crippen LogP contribution < -0.4 is 5.32 Å². The molecule has 2 amide bonds. The van der Waals surface area contributed by atoms with Crippen LogP contribution in [0.15, 0.2) is 11.4 Å². The fraction of sp³-hybridized carbons (Fsp3) is 0.300. The number of urea groups is 1. The highest BCUT2D eigenvalue weighted by Gasteiger charge is 2.15. The third-order valence-electron chi connectivity index (χ3n) is 2.02. The normalized spacial score (nSPS) is 9.41. The summed E-state index contributed by atoms with van der Waals surface area (Å²) in [6, 6.07) is 2.93. The van der Waals surface area contributed by atoms with Crippen LogP contribution in [0.3, 0.4) is 0 Å². The van der Waals surface area contributed by atoms with Gasteiger partial charge >= 0.3 is 12.0 Å². The molecule has 0 aliphatic rings. The predicted octanol–water partition coefficient (Wildman–Crippen LogP) is 1.82. The molecule has 2 N–H and O–H groups in total. The van der Waals surface area contributed by atoms with Gasteiger partial charge in [0.05, 0.1) is 18.1 Å². The summed E-state index contributed by atoms with van der Waals surface area (Å²) in [6.45, 7) is 0.302. The standard InChI is InChI=1S/C10H11N3O3S/c1-13(5-2-4-11)10(16)12-8-7(9(14)15)3-6-17-8/h3,6H,2,5H2,1H3,(H,12,16)(H,14,15). The molecular weight excluding hydrogens is 242 g/mol. The van der Waals surface area contributed by atoms with E-state index >= 15 is 0 Å². The lowest BCUT2D eigenvalue weighted by molar-refractivity contribution is 0.0698. The Labute approximate surface area is 102 Å². The number of thiophene rings is 1. The van der Waals surface area contributed by atoms with Crippen molar-refractivity contribution in [1.29, 1.82) is 5.26 Å². The molecule has 0 saturated carbocycles. The van der Waals surface area contributed by atoms with Crippen LogP contribution in [0, 0.1) is 11.3 Å². The van der Waals surface area contributed by atoms with E-state index in [1.807, 2.05) is 6.07 Å². The van der Waals surface area contributed by atoms with Crippen molar-refractivity contribution in [2.45, 2.75) is 6.42 Å². The molecule has 90 valence electrons. The first-order chi connectivity index (χ1) is 8.06. The van der Waals surface area contributed by atoms with Gasteiger partial charge in [-0.05, 0) is 11.4 Å². The number of hydrogen-bond acceptors (Lipinski definition) is 4. The maximum atomic E-state index is 11.6. The second-order valence-electron chi connectivity index (χ2n) is 3.23. The lowest BCUT2D eigenvalue weighted by Crippen LogP contribution is -2.32. The summed E-state index contributed by atoms with van der Waals surface area (Å²) in [6.07, 6.45) is 0.236. The van der Waals surface area contributed by atoms with Crippen molar-refractivity contribution in [1.82, 2.24) is 4.90 Å². The first-order valence-electron chi connectivity index (χ1n) is 4.76. The number of carboxylic acids is 1. The Morgan fingerprint density at radius 1 is 1.65 bits per heavy atom. The van der Waals surface area contributed by atoms with Crippen LogP contribution in [0.2, 0.25) is 0 Å².